The molecule has 0 saturated heterocycles. The van der Waals surface area contributed by atoms with E-state index in [-0.39, 0.29) is 14.5 Å². The van der Waals surface area contributed by atoms with Crippen molar-refractivity contribution in [1.82, 2.24) is 0 Å². The molecule has 5 heteroatoms. The van der Waals surface area contributed by atoms with Gasteiger partial charge in [-0.25, -0.2) is 8.78 Å². The summed E-state index contributed by atoms with van der Waals surface area (Å²) in [6.07, 6.45) is 0. The van der Waals surface area contributed by atoms with Crippen LogP contribution in [0, 0.1) is 11.6 Å². The molecular weight excluding hydrogens is 298 g/mol. The van der Waals surface area contributed by atoms with Crippen molar-refractivity contribution in [2.75, 3.05) is 0 Å². The number of benzene rings is 1. The fraction of sp³-hybridized carbons (Fsp3) is 0.143. The number of rotatable bonds is 1. The summed E-state index contributed by atoms with van der Waals surface area (Å²) in [5.41, 5.74) is -0.0671. The molecule has 0 unspecified atom stereocenters. The number of aliphatic hydroxyl groups is 1. The van der Waals surface area contributed by atoms with Gasteiger partial charge in [0.25, 0.3) is 0 Å². The molecule has 0 radical (unpaired) electrons. The molecule has 0 amide bonds. The summed E-state index contributed by atoms with van der Waals surface area (Å²) in [7, 11) is 0. The molecule has 0 bridgehead atoms. The zero-order chi connectivity index (χ0) is 9.30. The van der Waals surface area contributed by atoms with E-state index in [9.17, 15) is 8.78 Å². The molecule has 1 aromatic rings. The topological polar surface area (TPSA) is 20.2 Å². The minimum absolute atomic E-state index is 0.00782. The molecule has 0 saturated carbocycles. The first-order valence-electron chi connectivity index (χ1n) is 3.00. The van der Waals surface area contributed by atoms with Crippen LogP contribution in [0.4, 0.5) is 8.78 Å². The Bertz CT molecular complexity index is 315. The maximum absolute atomic E-state index is 13.0. The highest BCUT2D eigenvalue weighted by atomic mass is 79.9. The van der Waals surface area contributed by atoms with Gasteiger partial charge in [-0.1, -0.05) is 0 Å². The van der Waals surface area contributed by atoms with E-state index in [1.165, 1.54) is 0 Å². The average molecular weight is 302 g/mol. The van der Waals surface area contributed by atoms with Crippen LogP contribution in [0.2, 0.25) is 0 Å². The molecule has 0 atom stereocenters. The summed E-state index contributed by atoms with van der Waals surface area (Å²) in [5, 5.41) is 8.62. The normalized spacial score (nSPS) is 10.4. The van der Waals surface area contributed by atoms with E-state index < -0.39 is 18.2 Å². The lowest BCUT2D eigenvalue weighted by Gasteiger charge is -2.04. The zero-order valence-electron chi connectivity index (χ0n) is 5.74. The molecule has 0 spiro atoms. The predicted octanol–water partition coefficient (Wildman–Crippen LogP) is 2.98. The second kappa shape index (κ2) is 3.81. The highest BCUT2D eigenvalue weighted by Crippen LogP contribution is 2.30. The molecule has 0 aliphatic carbocycles. The Balaban J connectivity index is 3.39. The third kappa shape index (κ3) is 1.67. The third-order valence-electron chi connectivity index (χ3n) is 1.35. The highest BCUT2D eigenvalue weighted by molar-refractivity contribution is 9.13. The zero-order valence-corrected chi connectivity index (χ0v) is 8.92. The summed E-state index contributed by atoms with van der Waals surface area (Å²) >= 11 is 5.70. The Hall–Kier alpha value is -0.0000000000000000555. The van der Waals surface area contributed by atoms with Gasteiger partial charge in [0.2, 0.25) is 0 Å². The van der Waals surface area contributed by atoms with Gasteiger partial charge in [-0.15, -0.1) is 0 Å². The van der Waals surface area contributed by atoms with E-state index in [2.05, 4.69) is 31.9 Å². The van der Waals surface area contributed by atoms with Gasteiger partial charge in [0.1, 0.15) is 11.6 Å². The van der Waals surface area contributed by atoms with Gasteiger partial charge in [0.15, 0.2) is 0 Å². The third-order valence-corrected chi connectivity index (χ3v) is 3.40. The smallest absolute Gasteiger partial charge is 0.144 e. The van der Waals surface area contributed by atoms with Crippen molar-refractivity contribution < 1.29 is 13.9 Å². The first-order chi connectivity index (χ1) is 5.57. The molecule has 0 fully saturated rings. The minimum Gasteiger partial charge on any atom is -0.392 e. The van der Waals surface area contributed by atoms with Crippen molar-refractivity contribution in [2.45, 2.75) is 6.61 Å². The van der Waals surface area contributed by atoms with Crippen LogP contribution in [0.25, 0.3) is 0 Å². The van der Waals surface area contributed by atoms with Crippen molar-refractivity contribution >= 4 is 31.9 Å². The van der Waals surface area contributed by atoms with Gasteiger partial charge in [0, 0.05) is 5.56 Å². The standard InChI is InChI=1S/C7H4Br2F2O/c8-5-4(10)1-3(2-12)7(11)6(5)9/h1,12H,2H2. The van der Waals surface area contributed by atoms with Crippen LogP contribution in [-0.4, -0.2) is 5.11 Å². The summed E-state index contributed by atoms with van der Waals surface area (Å²) in [5.74, 6) is -1.25. The molecule has 0 aliphatic rings. The first-order valence-corrected chi connectivity index (χ1v) is 4.59. The van der Waals surface area contributed by atoms with Crippen molar-refractivity contribution in [3.8, 4) is 0 Å². The van der Waals surface area contributed by atoms with Crippen molar-refractivity contribution in [1.29, 1.82) is 0 Å². The van der Waals surface area contributed by atoms with Crippen LogP contribution in [0.3, 0.4) is 0 Å². The molecule has 0 aromatic heterocycles. The largest absolute Gasteiger partial charge is 0.392 e. The van der Waals surface area contributed by atoms with E-state index in [4.69, 9.17) is 5.11 Å². The lowest BCUT2D eigenvalue weighted by Crippen LogP contribution is -1.94. The predicted molar refractivity (Wildman–Crippen MR) is 47.7 cm³/mol. The number of aliphatic hydroxyl groups excluding tert-OH is 1. The summed E-state index contributed by atoms with van der Waals surface area (Å²) in [6, 6.07) is 0.949. The summed E-state index contributed by atoms with van der Waals surface area (Å²) in [6.45, 7) is -0.519. The van der Waals surface area contributed by atoms with E-state index in [0.717, 1.165) is 6.07 Å². The SMILES string of the molecule is OCc1cc(F)c(Br)c(Br)c1F. The van der Waals surface area contributed by atoms with Gasteiger partial charge < -0.3 is 5.11 Å². The quantitative estimate of drug-likeness (QED) is 0.624. The van der Waals surface area contributed by atoms with E-state index >= 15 is 0 Å². The van der Waals surface area contributed by atoms with Crippen molar-refractivity contribution in [3.05, 3.63) is 32.2 Å². The van der Waals surface area contributed by atoms with Gasteiger partial charge >= 0.3 is 0 Å². The Morgan fingerprint density at radius 2 is 1.83 bits per heavy atom. The lowest BCUT2D eigenvalue weighted by molar-refractivity contribution is 0.274. The second-order valence-corrected chi connectivity index (χ2v) is 3.70. The highest BCUT2D eigenvalue weighted by Gasteiger charge is 2.13. The van der Waals surface area contributed by atoms with E-state index in [0.29, 0.717) is 0 Å². The van der Waals surface area contributed by atoms with Crippen LogP contribution in [0.1, 0.15) is 5.56 Å². The minimum atomic E-state index is -0.647. The fourth-order valence-electron chi connectivity index (χ4n) is 0.737. The Morgan fingerprint density at radius 3 is 2.33 bits per heavy atom. The van der Waals surface area contributed by atoms with Crippen LogP contribution in [0.15, 0.2) is 15.0 Å². The van der Waals surface area contributed by atoms with Crippen LogP contribution in [0.5, 0.6) is 0 Å². The Kier molecular flexibility index (Phi) is 3.20. The van der Waals surface area contributed by atoms with Gasteiger partial charge in [-0.3, -0.25) is 0 Å². The summed E-state index contributed by atoms with van der Waals surface area (Å²) in [4.78, 5) is 0. The van der Waals surface area contributed by atoms with E-state index in [1.54, 1.807) is 0 Å². The molecule has 1 aromatic carbocycles. The van der Waals surface area contributed by atoms with Crippen LogP contribution >= 0.6 is 31.9 Å². The maximum Gasteiger partial charge on any atom is 0.144 e. The van der Waals surface area contributed by atoms with Crippen LogP contribution < -0.4 is 0 Å². The molecular formula is C7H4Br2F2O. The van der Waals surface area contributed by atoms with Gasteiger partial charge in [-0.2, -0.15) is 0 Å². The molecule has 12 heavy (non-hydrogen) atoms. The molecule has 66 valence electrons. The monoisotopic (exact) mass is 300 g/mol. The van der Waals surface area contributed by atoms with Crippen molar-refractivity contribution in [2.24, 2.45) is 0 Å². The van der Waals surface area contributed by atoms with E-state index in [1.807, 2.05) is 0 Å². The number of hydrogen-bond acceptors (Lipinski definition) is 1. The molecule has 1 nitrogen and oxygen atoms in total. The van der Waals surface area contributed by atoms with Gasteiger partial charge in [-0.05, 0) is 37.9 Å². The molecule has 0 aliphatic heterocycles. The first kappa shape index (κ1) is 10.1. The average Bonchev–Trinajstić information content (AvgIpc) is 2.08. The summed E-state index contributed by atoms with van der Waals surface area (Å²) < 4.78 is 25.9. The Morgan fingerprint density at radius 1 is 1.25 bits per heavy atom. The van der Waals surface area contributed by atoms with Crippen LogP contribution in [-0.2, 0) is 6.61 Å². The Labute approximate surface area is 84.7 Å². The number of hydrogen-bond donors (Lipinski definition) is 1. The molecule has 0 heterocycles. The number of halogens is 4. The second-order valence-electron chi connectivity index (χ2n) is 2.12. The molecule has 1 rings (SSSR count). The van der Waals surface area contributed by atoms with Gasteiger partial charge in [0.05, 0.1) is 15.6 Å². The van der Waals surface area contributed by atoms with Crippen molar-refractivity contribution in [3.63, 3.8) is 0 Å². The molecule has 1 N–H and O–H groups in total. The maximum atomic E-state index is 13.0. The fourth-order valence-corrected chi connectivity index (χ4v) is 1.47. The lowest BCUT2D eigenvalue weighted by atomic mass is 10.2.